The number of guanidine groups is 3. The number of hydrogen-bond donors (Lipinski definition) is 7. The van der Waals surface area contributed by atoms with Crippen molar-refractivity contribution in [3.8, 4) is 0 Å². The van der Waals surface area contributed by atoms with Crippen LogP contribution in [0.15, 0.2) is 45.4 Å². The molecule has 1 aromatic carbocycles. The van der Waals surface area contributed by atoms with Crippen LogP contribution in [0.5, 0.6) is 0 Å². The summed E-state index contributed by atoms with van der Waals surface area (Å²) in [5.74, 6) is 0.624. The monoisotopic (exact) mass is 557 g/mol. The number of nitrogen functional groups attached to an aromatic ring is 1. The molecule has 0 saturated carbocycles. The number of aryl methyl sites for hydroxylation is 1. The van der Waals surface area contributed by atoms with Crippen LogP contribution in [0.1, 0.15) is 57.1 Å². The van der Waals surface area contributed by atoms with E-state index in [9.17, 15) is 0 Å². The Balaban J connectivity index is 0.00000760. The van der Waals surface area contributed by atoms with E-state index in [1.165, 1.54) is 0 Å². The van der Waals surface area contributed by atoms with Gasteiger partial charge in [0.15, 0.2) is 5.96 Å². The molecule has 0 atom stereocenters. The number of nitrogens with two attached hydrogens (primary N) is 5. The number of hydrogen-bond acceptors (Lipinski definition) is 6. The van der Waals surface area contributed by atoms with Crippen LogP contribution >= 0.6 is 0 Å². The molecule has 212 valence electrons. The molecule has 0 aliphatic heterocycles. The first-order chi connectivity index (χ1) is 18.0. The van der Waals surface area contributed by atoms with Crippen molar-refractivity contribution in [3.05, 3.63) is 41.6 Å². The number of benzene rings is 1. The average molecular weight is 558 g/mol. The Kier molecular flexibility index (Phi) is 13.3. The van der Waals surface area contributed by atoms with Crippen LogP contribution in [0.2, 0.25) is 0 Å². The van der Waals surface area contributed by atoms with E-state index in [4.69, 9.17) is 39.5 Å². The topological polar surface area (TPSA) is 235 Å². The zero-order chi connectivity index (χ0) is 28.2. The number of unbranched alkanes of at least 4 members (excludes halogenated alkanes) is 4. The molecule has 0 unspecified atom stereocenters. The van der Waals surface area contributed by atoms with Gasteiger partial charge in [-0.15, -0.1) is 0 Å². The van der Waals surface area contributed by atoms with Crippen molar-refractivity contribution in [2.24, 2.45) is 45.0 Å². The third-order valence-electron chi connectivity index (χ3n) is 5.79. The molecule has 39 heavy (non-hydrogen) atoms. The molecular weight excluding hydrogens is 518 g/mol. The molecule has 1 aromatic heterocycles. The lowest BCUT2D eigenvalue weighted by Crippen LogP contribution is -3.00. The van der Waals surface area contributed by atoms with E-state index in [1.54, 1.807) is 18.4 Å². The van der Waals surface area contributed by atoms with Crippen LogP contribution < -0.4 is 50.5 Å². The molecule has 0 saturated heterocycles. The Morgan fingerprint density at radius 2 is 1.44 bits per heavy atom. The van der Waals surface area contributed by atoms with Crippen LogP contribution in [-0.4, -0.2) is 47.4 Å². The van der Waals surface area contributed by atoms with Crippen molar-refractivity contribution >= 4 is 46.8 Å². The fraction of sp³-hybridized carbons (Fsp3) is 0.400. The summed E-state index contributed by atoms with van der Waals surface area (Å²) in [6, 6.07) is 7.72. The summed E-state index contributed by atoms with van der Waals surface area (Å²) >= 11 is 0. The molecule has 14 heteroatoms. The number of nitrogens with one attached hydrogen (secondary N) is 2. The molecular formula is C25H40ClN13. The smallest absolute Gasteiger partial charge is 0.391 e. The Bertz CT molecular complexity index is 1180. The van der Waals surface area contributed by atoms with Gasteiger partial charge in [-0.25, -0.2) is 14.6 Å². The van der Waals surface area contributed by atoms with Gasteiger partial charge in [-0.2, -0.15) is 0 Å². The third-order valence-corrected chi connectivity index (χ3v) is 5.79. The molecule has 0 amide bonds. The summed E-state index contributed by atoms with van der Waals surface area (Å²) in [4.78, 5) is 19.0. The molecule has 2 aromatic rings. The standard InChI is InChI=1S/C25H39N13.ClH/c1-16(34-23(28)29)18-13-19(17(2)35-24(30)31)15-20(14-18)38(21-9-12-37(3)25(32)36-21)11-8-6-4-5-7-10-33-22(26)27;/h9,12-15,32H,4-8,10-11H2,1-3H3,(H10,26,27,28,29,30,31,33);1H/b34-16+,35-17+;. The highest BCUT2D eigenvalue weighted by Gasteiger charge is 2.19. The SMILES string of the molecule is C/C(=N\C(=N)N)c1cc(/C(C)=N/C(=N)N)cc(N(CCCCCCCN=C(N)N)c2cc[n+](C)c(N)n2)c1.[Cl-]. The van der Waals surface area contributed by atoms with E-state index in [0.717, 1.165) is 48.9 Å². The zero-order valence-corrected chi connectivity index (χ0v) is 23.5. The summed E-state index contributed by atoms with van der Waals surface area (Å²) in [7, 11) is 1.83. The van der Waals surface area contributed by atoms with Crippen molar-refractivity contribution in [3.63, 3.8) is 0 Å². The molecule has 0 aliphatic carbocycles. The quantitative estimate of drug-likeness (QED) is 0.0687. The Morgan fingerprint density at radius 1 is 0.897 bits per heavy atom. The minimum atomic E-state index is -0.287. The number of halogens is 1. The normalized spacial score (nSPS) is 11.5. The van der Waals surface area contributed by atoms with Crippen molar-refractivity contribution in [1.82, 2.24) is 4.98 Å². The van der Waals surface area contributed by atoms with Gasteiger partial charge < -0.3 is 40.2 Å². The Labute approximate surface area is 235 Å². The predicted molar refractivity (Wildman–Crippen MR) is 155 cm³/mol. The third kappa shape index (κ3) is 10.9. The van der Waals surface area contributed by atoms with Crippen LogP contribution in [0.4, 0.5) is 17.5 Å². The summed E-state index contributed by atoms with van der Waals surface area (Å²) < 4.78 is 1.74. The van der Waals surface area contributed by atoms with Crippen LogP contribution in [-0.2, 0) is 7.05 Å². The van der Waals surface area contributed by atoms with Gasteiger partial charge in [0, 0.05) is 36.3 Å². The highest BCUT2D eigenvalue weighted by Crippen LogP contribution is 2.28. The molecule has 0 spiro atoms. The van der Waals surface area contributed by atoms with E-state index < -0.39 is 0 Å². The molecule has 0 radical (unpaired) electrons. The summed E-state index contributed by atoms with van der Waals surface area (Å²) in [6.07, 6.45) is 6.80. The van der Waals surface area contributed by atoms with Gasteiger partial charge in [0.25, 0.3) is 0 Å². The predicted octanol–water partition coefficient (Wildman–Crippen LogP) is -1.74. The van der Waals surface area contributed by atoms with Crippen LogP contribution in [0.25, 0.3) is 0 Å². The number of aromatic nitrogens is 2. The first-order valence-corrected chi connectivity index (χ1v) is 12.4. The lowest BCUT2D eigenvalue weighted by molar-refractivity contribution is -0.659. The molecule has 0 fully saturated rings. The maximum Gasteiger partial charge on any atom is 0.391 e. The summed E-state index contributed by atoms with van der Waals surface area (Å²) in [5, 5.41) is 15.2. The molecule has 1 heterocycles. The maximum atomic E-state index is 7.58. The van der Waals surface area contributed by atoms with Gasteiger partial charge >= 0.3 is 5.95 Å². The second-order valence-electron chi connectivity index (χ2n) is 8.91. The van der Waals surface area contributed by atoms with E-state index in [-0.39, 0.29) is 30.3 Å². The van der Waals surface area contributed by atoms with Gasteiger partial charge in [0.05, 0.1) is 13.2 Å². The van der Waals surface area contributed by atoms with E-state index in [2.05, 4.69) is 24.9 Å². The molecule has 2 rings (SSSR count). The fourth-order valence-corrected chi connectivity index (χ4v) is 3.81. The van der Waals surface area contributed by atoms with Gasteiger partial charge in [0.2, 0.25) is 17.7 Å². The molecule has 13 nitrogen and oxygen atoms in total. The van der Waals surface area contributed by atoms with Crippen molar-refractivity contribution in [2.45, 2.75) is 46.0 Å². The second kappa shape index (κ2) is 15.9. The second-order valence-corrected chi connectivity index (χ2v) is 8.91. The number of aliphatic imine (C=N–C) groups is 3. The zero-order valence-electron chi connectivity index (χ0n) is 22.8. The van der Waals surface area contributed by atoms with E-state index in [1.807, 2.05) is 37.5 Å². The highest BCUT2D eigenvalue weighted by molar-refractivity contribution is 6.10. The molecule has 12 N–H and O–H groups in total. The minimum absolute atomic E-state index is 0. The summed E-state index contributed by atoms with van der Waals surface area (Å²) in [6.45, 7) is 4.89. The van der Waals surface area contributed by atoms with Crippen molar-refractivity contribution in [1.29, 1.82) is 10.8 Å². The van der Waals surface area contributed by atoms with Crippen molar-refractivity contribution in [2.75, 3.05) is 23.7 Å². The number of nitrogens with zero attached hydrogens (tertiary/aromatic N) is 6. The largest absolute Gasteiger partial charge is 1.00 e. The highest BCUT2D eigenvalue weighted by atomic mass is 35.5. The number of anilines is 3. The van der Waals surface area contributed by atoms with Crippen molar-refractivity contribution < 1.29 is 17.0 Å². The first kappa shape index (κ1) is 32.8. The minimum Gasteiger partial charge on any atom is -1.00 e. The average Bonchev–Trinajstić information content (AvgIpc) is 2.83. The van der Waals surface area contributed by atoms with Crippen LogP contribution in [0, 0.1) is 10.8 Å². The maximum absolute atomic E-state index is 7.58. The Morgan fingerprint density at radius 3 is 1.95 bits per heavy atom. The summed E-state index contributed by atoms with van der Waals surface area (Å²) in [5.41, 5.74) is 31.4. The van der Waals surface area contributed by atoms with Gasteiger partial charge in [-0.05, 0) is 56.0 Å². The van der Waals surface area contributed by atoms with Gasteiger partial charge in [-0.1, -0.05) is 24.2 Å². The van der Waals surface area contributed by atoms with Crippen LogP contribution in [0.3, 0.4) is 0 Å². The van der Waals surface area contributed by atoms with Gasteiger partial charge in [-0.3, -0.25) is 21.5 Å². The van der Waals surface area contributed by atoms with Gasteiger partial charge in [0.1, 0.15) is 0 Å². The fourth-order valence-electron chi connectivity index (χ4n) is 3.81. The molecule has 0 bridgehead atoms. The Hall–Kier alpha value is -4.26. The number of rotatable bonds is 12. The van der Waals surface area contributed by atoms with E-state index >= 15 is 0 Å². The lowest BCUT2D eigenvalue weighted by atomic mass is 10.0. The lowest BCUT2D eigenvalue weighted by Gasteiger charge is -2.24. The first-order valence-electron chi connectivity index (χ1n) is 12.4. The van der Waals surface area contributed by atoms with E-state index in [0.29, 0.717) is 36.3 Å². The molecule has 0 aliphatic rings.